The van der Waals surface area contributed by atoms with E-state index in [0.717, 1.165) is 6.42 Å². The molecule has 0 aliphatic heterocycles. The SMILES string of the molecule is CC(=O)c1c[nH]c(C(=O)NNC(=S)N[C@H]2CCC[C@H](C)[C@H]2C)c1. The maximum Gasteiger partial charge on any atom is 0.286 e. The van der Waals surface area contributed by atoms with Crippen LogP contribution in [-0.2, 0) is 0 Å². The van der Waals surface area contributed by atoms with Crippen LogP contribution >= 0.6 is 12.2 Å². The highest BCUT2D eigenvalue weighted by Gasteiger charge is 2.27. The molecule has 0 saturated heterocycles. The number of H-pyrrole nitrogens is 1. The summed E-state index contributed by atoms with van der Waals surface area (Å²) in [6.45, 7) is 5.94. The van der Waals surface area contributed by atoms with Crippen molar-refractivity contribution < 1.29 is 9.59 Å². The molecule has 7 heteroatoms. The van der Waals surface area contributed by atoms with Crippen molar-refractivity contribution in [1.82, 2.24) is 21.2 Å². The Morgan fingerprint density at radius 1 is 1.26 bits per heavy atom. The van der Waals surface area contributed by atoms with Crippen molar-refractivity contribution in [3.63, 3.8) is 0 Å². The molecule has 0 aromatic carbocycles. The zero-order valence-electron chi connectivity index (χ0n) is 13.7. The molecule has 0 bridgehead atoms. The minimum atomic E-state index is -0.369. The number of carbonyl (C=O) groups excluding carboxylic acids is 2. The minimum absolute atomic E-state index is 0.0918. The first-order valence-corrected chi connectivity index (χ1v) is 8.35. The average Bonchev–Trinajstić information content (AvgIpc) is 3.00. The van der Waals surface area contributed by atoms with Gasteiger partial charge < -0.3 is 10.3 Å². The number of carbonyl (C=O) groups is 2. The molecule has 4 N–H and O–H groups in total. The molecule has 1 aromatic heterocycles. The number of thiocarbonyl (C=S) groups is 1. The van der Waals surface area contributed by atoms with E-state index in [1.807, 2.05) is 0 Å². The monoisotopic (exact) mass is 336 g/mol. The number of Topliss-reactive ketones (excluding diaryl/α,β-unsaturated/α-hetero) is 1. The van der Waals surface area contributed by atoms with E-state index in [0.29, 0.717) is 34.2 Å². The molecule has 23 heavy (non-hydrogen) atoms. The number of hydrogen-bond donors (Lipinski definition) is 4. The molecule has 0 radical (unpaired) electrons. The Morgan fingerprint density at radius 3 is 2.65 bits per heavy atom. The van der Waals surface area contributed by atoms with Gasteiger partial charge in [-0.15, -0.1) is 0 Å². The number of rotatable bonds is 3. The van der Waals surface area contributed by atoms with E-state index < -0.39 is 0 Å². The van der Waals surface area contributed by atoms with Crippen LogP contribution in [0.25, 0.3) is 0 Å². The van der Waals surface area contributed by atoms with E-state index in [1.54, 1.807) is 0 Å². The van der Waals surface area contributed by atoms with E-state index in [2.05, 4.69) is 35.0 Å². The van der Waals surface area contributed by atoms with Gasteiger partial charge in [-0.2, -0.15) is 0 Å². The van der Waals surface area contributed by atoms with Crippen molar-refractivity contribution in [3.05, 3.63) is 23.5 Å². The molecular weight excluding hydrogens is 312 g/mol. The lowest BCUT2D eigenvalue weighted by molar-refractivity contribution is 0.0938. The molecule has 1 aliphatic rings. The van der Waals surface area contributed by atoms with Gasteiger partial charge in [0.1, 0.15) is 5.69 Å². The molecular formula is C16H24N4O2S. The van der Waals surface area contributed by atoms with Gasteiger partial charge in [-0.25, -0.2) is 0 Å². The Kier molecular flexibility index (Phi) is 5.76. The van der Waals surface area contributed by atoms with Crippen LogP contribution in [0, 0.1) is 11.8 Å². The van der Waals surface area contributed by atoms with E-state index in [-0.39, 0.29) is 11.7 Å². The number of amides is 1. The van der Waals surface area contributed by atoms with Crippen LogP contribution in [0.4, 0.5) is 0 Å². The number of aromatic nitrogens is 1. The zero-order valence-corrected chi connectivity index (χ0v) is 14.5. The van der Waals surface area contributed by atoms with Gasteiger partial charge in [0.05, 0.1) is 0 Å². The quantitative estimate of drug-likeness (QED) is 0.386. The molecule has 126 valence electrons. The van der Waals surface area contributed by atoms with Gasteiger partial charge in [0, 0.05) is 17.8 Å². The van der Waals surface area contributed by atoms with Crippen LogP contribution in [0.15, 0.2) is 12.3 Å². The van der Waals surface area contributed by atoms with E-state index >= 15 is 0 Å². The van der Waals surface area contributed by atoms with Crippen LogP contribution in [0.5, 0.6) is 0 Å². The third kappa shape index (κ3) is 4.54. The number of aromatic amines is 1. The summed E-state index contributed by atoms with van der Waals surface area (Å²) in [4.78, 5) is 26.0. The van der Waals surface area contributed by atoms with Gasteiger partial charge in [0.2, 0.25) is 0 Å². The number of ketones is 1. The highest BCUT2D eigenvalue weighted by atomic mass is 32.1. The Hall–Kier alpha value is -1.89. The fourth-order valence-electron chi connectivity index (χ4n) is 2.90. The molecule has 6 nitrogen and oxygen atoms in total. The van der Waals surface area contributed by atoms with E-state index in [4.69, 9.17) is 12.2 Å². The van der Waals surface area contributed by atoms with E-state index in [1.165, 1.54) is 32.0 Å². The van der Waals surface area contributed by atoms with Crippen molar-refractivity contribution in [3.8, 4) is 0 Å². The van der Waals surface area contributed by atoms with Gasteiger partial charge in [0.15, 0.2) is 10.9 Å². The molecule has 0 unspecified atom stereocenters. The van der Waals surface area contributed by atoms with Crippen LogP contribution in [0.2, 0.25) is 0 Å². The van der Waals surface area contributed by atoms with Gasteiger partial charge >= 0.3 is 0 Å². The Bertz CT molecular complexity index is 599. The molecule has 1 heterocycles. The van der Waals surface area contributed by atoms with Crippen molar-refractivity contribution in [2.75, 3.05) is 0 Å². The van der Waals surface area contributed by atoms with Crippen molar-refractivity contribution in [1.29, 1.82) is 0 Å². The molecule has 1 aliphatic carbocycles. The summed E-state index contributed by atoms with van der Waals surface area (Å²) in [5.41, 5.74) is 6.03. The molecule has 0 spiro atoms. The maximum absolute atomic E-state index is 12.0. The molecule has 1 aromatic rings. The molecule has 3 atom stereocenters. The summed E-state index contributed by atoms with van der Waals surface area (Å²) in [7, 11) is 0. The second kappa shape index (κ2) is 7.59. The van der Waals surface area contributed by atoms with Crippen LogP contribution in [0.1, 0.15) is 60.9 Å². The summed E-state index contributed by atoms with van der Waals surface area (Å²) in [5.74, 6) is 0.751. The predicted molar refractivity (Wildman–Crippen MR) is 93.1 cm³/mol. The Morgan fingerprint density at radius 2 is 2.00 bits per heavy atom. The number of hydrazine groups is 1. The van der Waals surface area contributed by atoms with Gasteiger partial charge in [0.25, 0.3) is 5.91 Å². The first-order chi connectivity index (χ1) is 10.9. The number of hydrogen-bond acceptors (Lipinski definition) is 3. The third-order valence-corrected chi connectivity index (χ3v) is 4.87. The zero-order chi connectivity index (χ0) is 17.0. The fraction of sp³-hybridized carbons (Fsp3) is 0.562. The lowest BCUT2D eigenvalue weighted by Gasteiger charge is -2.35. The second-order valence-corrected chi connectivity index (χ2v) is 6.69. The molecule has 1 amide bonds. The lowest BCUT2D eigenvalue weighted by Crippen LogP contribution is -2.52. The summed E-state index contributed by atoms with van der Waals surface area (Å²) in [5, 5.41) is 3.68. The van der Waals surface area contributed by atoms with Gasteiger partial charge in [-0.3, -0.25) is 20.4 Å². The van der Waals surface area contributed by atoms with Crippen molar-refractivity contribution in [2.24, 2.45) is 11.8 Å². The Balaban J connectivity index is 1.81. The lowest BCUT2D eigenvalue weighted by atomic mass is 9.78. The minimum Gasteiger partial charge on any atom is -0.358 e. The largest absolute Gasteiger partial charge is 0.358 e. The molecule has 1 saturated carbocycles. The first kappa shape index (κ1) is 17.5. The Labute approximate surface area is 141 Å². The summed E-state index contributed by atoms with van der Waals surface area (Å²) >= 11 is 5.24. The van der Waals surface area contributed by atoms with E-state index in [9.17, 15) is 9.59 Å². The summed E-state index contributed by atoms with van der Waals surface area (Å²) < 4.78 is 0. The topological polar surface area (TPSA) is 86.0 Å². The smallest absolute Gasteiger partial charge is 0.286 e. The second-order valence-electron chi connectivity index (χ2n) is 6.28. The van der Waals surface area contributed by atoms with Crippen molar-refractivity contribution >= 4 is 29.0 Å². The highest BCUT2D eigenvalue weighted by molar-refractivity contribution is 7.80. The average molecular weight is 336 g/mol. The normalized spacial score (nSPS) is 23.9. The van der Waals surface area contributed by atoms with Crippen LogP contribution in [0.3, 0.4) is 0 Å². The maximum atomic E-state index is 12.0. The van der Waals surface area contributed by atoms with Gasteiger partial charge in [-0.05, 0) is 43.5 Å². The van der Waals surface area contributed by atoms with Crippen LogP contribution < -0.4 is 16.2 Å². The highest BCUT2D eigenvalue weighted by Crippen LogP contribution is 2.29. The summed E-state index contributed by atoms with van der Waals surface area (Å²) in [6.07, 6.45) is 5.04. The number of nitrogens with one attached hydrogen (secondary N) is 4. The predicted octanol–water partition coefficient (Wildman–Crippen LogP) is 2.15. The molecule has 2 rings (SSSR count). The van der Waals surface area contributed by atoms with Crippen molar-refractivity contribution in [2.45, 2.75) is 46.1 Å². The third-order valence-electron chi connectivity index (χ3n) is 4.65. The van der Waals surface area contributed by atoms with Crippen LogP contribution in [-0.4, -0.2) is 27.8 Å². The summed E-state index contributed by atoms with van der Waals surface area (Å²) in [6, 6.07) is 1.84. The standard InChI is InChI=1S/C16H24N4O2S/c1-9-5-4-6-13(10(9)2)18-16(23)20-19-15(22)14-7-12(8-17-14)11(3)21/h7-10,13,17H,4-6H2,1-3H3,(H,19,22)(H2,18,20,23)/t9-,10+,13-/m0/s1. The van der Waals surface area contributed by atoms with Gasteiger partial charge in [-0.1, -0.05) is 26.7 Å². The first-order valence-electron chi connectivity index (χ1n) is 7.94. The fourth-order valence-corrected chi connectivity index (χ4v) is 3.10. The molecule has 1 fully saturated rings.